The second-order valence-corrected chi connectivity index (χ2v) is 6.37. The van der Waals surface area contributed by atoms with Gasteiger partial charge in [-0.1, -0.05) is 19.3 Å². The monoisotopic (exact) mass is 355 g/mol. The number of nitrogens with one attached hydrogen (secondary N) is 1. The summed E-state index contributed by atoms with van der Waals surface area (Å²) in [4.78, 5) is 14.8. The molecule has 3 N–H and O–H groups in total. The summed E-state index contributed by atoms with van der Waals surface area (Å²) in [6.45, 7) is 7.69. The fourth-order valence-electron chi connectivity index (χ4n) is 3.18. The molecule has 0 aromatic rings. The van der Waals surface area contributed by atoms with E-state index in [-0.39, 0.29) is 36.8 Å². The van der Waals surface area contributed by atoms with Crippen molar-refractivity contribution in [3.8, 4) is 0 Å². The number of amides is 1. The number of nitrogens with zero attached hydrogens (tertiary/aromatic N) is 1. The van der Waals surface area contributed by atoms with Gasteiger partial charge in [-0.2, -0.15) is 0 Å². The largest absolute Gasteiger partial charge is 0.379 e. The first-order valence-corrected chi connectivity index (χ1v) is 7.94. The Balaban J connectivity index is 0.00000220. The van der Waals surface area contributed by atoms with Gasteiger partial charge in [0.15, 0.2) is 0 Å². The van der Waals surface area contributed by atoms with Crippen molar-refractivity contribution < 1.29 is 9.53 Å². The normalized spacial score (nSPS) is 24.3. The van der Waals surface area contributed by atoms with Gasteiger partial charge in [-0.25, -0.2) is 0 Å². The second kappa shape index (κ2) is 9.93. The van der Waals surface area contributed by atoms with Crippen LogP contribution in [0.1, 0.15) is 46.0 Å². The van der Waals surface area contributed by atoms with Crippen LogP contribution in [-0.2, 0) is 9.53 Å². The number of halogens is 2. The van der Waals surface area contributed by atoms with E-state index in [0.717, 1.165) is 52.0 Å². The highest BCUT2D eigenvalue weighted by Crippen LogP contribution is 2.26. The minimum absolute atomic E-state index is 0. The molecule has 1 heterocycles. The van der Waals surface area contributed by atoms with E-state index >= 15 is 0 Å². The summed E-state index contributed by atoms with van der Waals surface area (Å²) >= 11 is 0. The molecule has 0 bridgehead atoms. The first kappa shape index (κ1) is 21.9. The van der Waals surface area contributed by atoms with Crippen LogP contribution in [0.5, 0.6) is 0 Å². The zero-order valence-corrected chi connectivity index (χ0v) is 15.3. The van der Waals surface area contributed by atoms with Crippen LogP contribution in [0.15, 0.2) is 0 Å². The third-order valence-electron chi connectivity index (χ3n) is 4.90. The van der Waals surface area contributed by atoms with Crippen molar-refractivity contribution in [2.45, 2.75) is 63.6 Å². The van der Waals surface area contributed by atoms with E-state index in [2.05, 4.69) is 24.1 Å². The molecule has 1 amide bonds. The van der Waals surface area contributed by atoms with Gasteiger partial charge in [0.1, 0.15) is 0 Å². The van der Waals surface area contributed by atoms with Crippen LogP contribution >= 0.6 is 24.8 Å². The maximum atomic E-state index is 12.4. The summed E-state index contributed by atoms with van der Waals surface area (Å²) in [7, 11) is 0. The Hall–Kier alpha value is -0.0700. The molecule has 132 valence electrons. The predicted octanol–water partition coefficient (Wildman–Crippen LogP) is 1.72. The molecular weight excluding hydrogens is 325 g/mol. The van der Waals surface area contributed by atoms with Gasteiger partial charge < -0.3 is 15.8 Å². The average Bonchev–Trinajstić information content (AvgIpc) is 2.48. The molecule has 1 saturated heterocycles. The number of nitrogens with two attached hydrogens (primary N) is 1. The first-order chi connectivity index (χ1) is 9.53. The van der Waals surface area contributed by atoms with E-state index in [4.69, 9.17) is 10.5 Å². The molecule has 0 radical (unpaired) electrons. The Morgan fingerprint density at radius 1 is 1.14 bits per heavy atom. The van der Waals surface area contributed by atoms with Crippen LogP contribution in [0.4, 0.5) is 0 Å². The molecule has 0 aromatic heterocycles. The highest BCUT2D eigenvalue weighted by atomic mass is 35.5. The smallest absolute Gasteiger partial charge is 0.240 e. The summed E-state index contributed by atoms with van der Waals surface area (Å²) < 4.78 is 5.37. The second-order valence-electron chi connectivity index (χ2n) is 6.37. The summed E-state index contributed by atoms with van der Waals surface area (Å²) in [6.07, 6.45) is 4.97. The molecule has 2 rings (SSSR count). The van der Waals surface area contributed by atoms with Crippen LogP contribution in [-0.4, -0.2) is 54.7 Å². The molecule has 1 aliphatic heterocycles. The lowest BCUT2D eigenvalue weighted by molar-refractivity contribution is -0.128. The van der Waals surface area contributed by atoms with Gasteiger partial charge in [0.25, 0.3) is 0 Å². The maximum Gasteiger partial charge on any atom is 0.240 e. The lowest BCUT2D eigenvalue weighted by Gasteiger charge is -2.38. The lowest BCUT2D eigenvalue weighted by Crippen LogP contribution is -2.60. The van der Waals surface area contributed by atoms with Gasteiger partial charge in [-0.15, -0.1) is 24.8 Å². The topological polar surface area (TPSA) is 67.6 Å². The molecule has 5 nitrogen and oxygen atoms in total. The van der Waals surface area contributed by atoms with Gasteiger partial charge in [-0.3, -0.25) is 9.69 Å². The molecule has 7 heteroatoms. The molecule has 2 aliphatic rings. The number of carbonyl (C=O) groups excluding carboxylic acids is 1. The summed E-state index contributed by atoms with van der Waals surface area (Å²) in [5.41, 5.74) is 5.64. The summed E-state index contributed by atoms with van der Waals surface area (Å²) in [5, 5.41) is 3.14. The van der Waals surface area contributed by atoms with Crippen LogP contribution in [0.3, 0.4) is 0 Å². The van der Waals surface area contributed by atoms with E-state index in [0.29, 0.717) is 6.04 Å². The van der Waals surface area contributed by atoms with Crippen LogP contribution in [0, 0.1) is 0 Å². The molecule has 0 spiro atoms. The van der Waals surface area contributed by atoms with Gasteiger partial charge in [0, 0.05) is 25.2 Å². The van der Waals surface area contributed by atoms with E-state index in [1.165, 1.54) is 6.42 Å². The predicted molar refractivity (Wildman–Crippen MR) is 94.0 cm³/mol. The first-order valence-electron chi connectivity index (χ1n) is 7.94. The van der Waals surface area contributed by atoms with Crippen LogP contribution in [0.25, 0.3) is 0 Å². The number of rotatable bonds is 4. The molecule has 2 atom stereocenters. The van der Waals surface area contributed by atoms with Gasteiger partial charge in [0.05, 0.1) is 18.8 Å². The Kier molecular flexibility index (Phi) is 9.90. The molecule has 2 fully saturated rings. The van der Waals surface area contributed by atoms with Crippen molar-refractivity contribution in [1.82, 2.24) is 10.2 Å². The van der Waals surface area contributed by atoms with Crippen LogP contribution in [0.2, 0.25) is 0 Å². The highest BCUT2D eigenvalue weighted by molar-refractivity contribution is 5.86. The summed E-state index contributed by atoms with van der Waals surface area (Å²) in [5.74, 6) is 0.0322. The Morgan fingerprint density at radius 2 is 1.68 bits per heavy atom. The van der Waals surface area contributed by atoms with E-state index in [1.54, 1.807) is 0 Å². The Bertz CT molecular complexity index is 333. The molecule has 2 unspecified atom stereocenters. The fraction of sp³-hybridized carbons (Fsp3) is 0.933. The van der Waals surface area contributed by atoms with E-state index in [9.17, 15) is 4.79 Å². The molecule has 0 aromatic carbocycles. The van der Waals surface area contributed by atoms with Crippen molar-refractivity contribution >= 4 is 30.7 Å². The number of hydrogen-bond acceptors (Lipinski definition) is 4. The van der Waals surface area contributed by atoms with Crippen molar-refractivity contribution in [1.29, 1.82) is 0 Å². The number of morpholine rings is 1. The standard InChI is InChI=1S/C15H29N3O2.2ClH/c1-12(13(2)18-8-10-20-11-9-18)17-14(19)15(16)6-4-3-5-7-15;;/h12-13H,3-11,16H2,1-2H3,(H,17,19);2*1H. The number of carbonyl (C=O) groups is 1. The van der Waals surface area contributed by atoms with E-state index in [1.807, 2.05) is 0 Å². The minimum atomic E-state index is -0.642. The third-order valence-corrected chi connectivity index (χ3v) is 4.90. The Labute approximate surface area is 146 Å². The maximum absolute atomic E-state index is 12.4. The SMILES string of the molecule is CC(NC(=O)C1(N)CCCCC1)C(C)N1CCOCC1.Cl.Cl. The Morgan fingerprint density at radius 3 is 2.23 bits per heavy atom. The van der Waals surface area contributed by atoms with Crippen molar-refractivity contribution in [2.24, 2.45) is 5.73 Å². The lowest BCUT2D eigenvalue weighted by atomic mass is 9.81. The van der Waals surface area contributed by atoms with Gasteiger partial charge in [0.2, 0.25) is 5.91 Å². The zero-order chi connectivity index (χ0) is 14.6. The van der Waals surface area contributed by atoms with Gasteiger partial charge >= 0.3 is 0 Å². The van der Waals surface area contributed by atoms with E-state index < -0.39 is 5.54 Å². The molecular formula is C15H31Cl2N3O2. The quantitative estimate of drug-likeness (QED) is 0.805. The zero-order valence-electron chi connectivity index (χ0n) is 13.7. The number of ether oxygens (including phenoxy) is 1. The van der Waals surface area contributed by atoms with Crippen molar-refractivity contribution in [2.75, 3.05) is 26.3 Å². The molecule has 1 aliphatic carbocycles. The van der Waals surface area contributed by atoms with Crippen molar-refractivity contribution in [3.63, 3.8) is 0 Å². The molecule has 22 heavy (non-hydrogen) atoms. The van der Waals surface area contributed by atoms with Crippen LogP contribution < -0.4 is 11.1 Å². The number of hydrogen-bond donors (Lipinski definition) is 2. The minimum Gasteiger partial charge on any atom is -0.379 e. The fourth-order valence-corrected chi connectivity index (χ4v) is 3.18. The molecule has 1 saturated carbocycles. The highest BCUT2D eigenvalue weighted by Gasteiger charge is 2.36. The summed E-state index contributed by atoms with van der Waals surface area (Å²) in [6, 6.07) is 0.429. The van der Waals surface area contributed by atoms with Crippen molar-refractivity contribution in [3.05, 3.63) is 0 Å². The third kappa shape index (κ3) is 5.53. The average molecular weight is 356 g/mol. The van der Waals surface area contributed by atoms with Gasteiger partial charge in [-0.05, 0) is 26.7 Å².